The van der Waals surface area contributed by atoms with E-state index in [1.807, 2.05) is 22.7 Å². The van der Waals surface area contributed by atoms with Crippen LogP contribution < -0.4 is 0 Å². The number of fused-ring (bicyclic) bond motifs is 12. The number of benzene rings is 8. The fraction of sp³-hybridized carbons (Fsp3) is 0.0638. The topological polar surface area (TPSA) is 0 Å². The maximum Gasteiger partial charge on any atom is 0.0534 e. The highest BCUT2D eigenvalue weighted by atomic mass is 32.1. The van der Waals surface area contributed by atoms with Crippen LogP contribution in [0.25, 0.3) is 95.3 Å². The molecular formula is C47H30S2. The predicted octanol–water partition coefficient (Wildman–Crippen LogP) is 14.4. The number of hydrogen-bond acceptors (Lipinski definition) is 2. The van der Waals surface area contributed by atoms with E-state index in [-0.39, 0.29) is 5.41 Å². The molecule has 1 aliphatic carbocycles. The Hall–Kier alpha value is -5.28. The molecule has 49 heavy (non-hydrogen) atoms. The van der Waals surface area contributed by atoms with Gasteiger partial charge in [-0.15, -0.1) is 22.7 Å². The number of hydrogen-bond donors (Lipinski definition) is 0. The molecule has 0 amide bonds. The molecule has 0 N–H and O–H groups in total. The van der Waals surface area contributed by atoms with Crippen LogP contribution in [0.2, 0.25) is 0 Å². The van der Waals surface area contributed by atoms with Crippen molar-refractivity contribution in [2.24, 2.45) is 0 Å². The van der Waals surface area contributed by atoms with Gasteiger partial charge in [-0.2, -0.15) is 0 Å². The zero-order chi connectivity index (χ0) is 32.4. The number of rotatable bonds is 2. The average Bonchev–Trinajstić information content (AvgIpc) is 3.78. The SMILES string of the molecule is CC1(C)c2ccccc2-c2ccc(-c3c4ccccc4c(-c4ccc5c(c4)sc4c5ccc5c6ccccc6sc54)c4ccccc34)cc21. The zero-order valence-corrected chi connectivity index (χ0v) is 28.8. The number of thiophene rings is 2. The van der Waals surface area contributed by atoms with Crippen LogP contribution >= 0.6 is 22.7 Å². The monoisotopic (exact) mass is 658 g/mol. The lowest BCUT2D eigenvalue weighted by Gasteiger charge is -2.23. The van der Waals surface area contributed by atoms with E-state index < -0.39 is 0 Å². The zero-order valence-electron chi connectivity index (χ0n) is 27.2. The summed E-state index contributed by atoms with van der Waals surface area (Å²) in [6.45, 7) is 4.74. The highest BCUT2D eigenvalue weighted by Gasteiger charge is 2.35. The van der Waals surface area contributed by atoms with Crippen LogP contribution in [0.15, 0.2) is 146 Å². The molecule has 0 aliphatic heterocycles. The molecule has 0 atom stereocenters. The second kappa shape index (κ2) is 9.89. The molecule has 0 saturated heterocycles. The Bertz CT molecular complexity index is 2970. The van der Waals surface area contributed by atoms with E-state index >= 15 is 0 Å². The van der Waals surface area contributed by atoms with Crippen LogP contribution in [0, 0.1) is 0 Å². The molecule has 10 aromatic rings. The minimum atomic E-state index is -0.0471. The van der Waals surface area contributed by atoms with Crippen molar-refractivity contribution in [3.63, 3.8) is 0 Å². The largest absolute Gasteiger partial charge is 0.134 e. The summed E-state index contributed by atoms with van der Waals surface area (Å²) in [5.41, 5.74) is 10.7. The first kappa shape index (κ1) is 27.6. The van der Waals surface area contributed by atoms with E-state index in [9.17, 15) is 0 Å². The van der Waals surface area contributed by atoms with Gasteiger partial charge in [0.2, 0.25) is 0 Å². The van der Waals surface area contributed by atoms with Crippen molar-refractivity contribution in [1.29, 1.82) is 0 Å². The lowest BCUT2D eigenvalue weighted by Crippen LogP contribution is -2.14. The van der Waals surface area contributed by atoms with Gasteiger partial charge in [-0.3, -0.25) is 0 Å². The quantitative estimate of drug-likeness (QED) is 0.162. The first-order valence-corrected chi connectivity index (χ1v) is 18.6. The summed E-state index contributed by atoms with van der Waals surface area (Å²) in [6.07, 6.45) is 0. The van der Waals surface area contributed by atoms with Crippen LogP contribution in [0.1, 0.15) is 25.0 Å². The van der Waals surface area contributed by atoms with E-state index in [1.165, 1.54) is 106 Å². The molecule has 1 aliphatic rings. The summed E-state index contributed by atoms with van der Waals surface area (Å²) in [4.78, 5) is 0. The Morgan fingerprint density at radius 2 is 0.837 bits per heavy atom. The van der Waals surface area contributed by atoms with E-state index in [0.717, 1.165) is 0 Å². The van der Waals surface area contributed by atoms with Gasteiger partial charge in [0.05, 0.1) is 9.40 Å². The normalized spacial score (nSPS) is 13.7. The van der Waals surface area contributed by atoms with Crippen molar-refractivity contribution >= 4 is 84.6 Å². The van der Waals surface area contributed by atoms with Crippen molar-refractivity contribution < 1.29 is 0 Å². The van der Waals surface area contributed by atoms with Gasteiger partial charge in [-0.25, -0.2) is 0 Å². The van der Waals surface area contributed by atoms with Gasteiger partial charge in [0.25, 0.3) is 0 Å². The molecule has 2 heteroatoms. The smallest absolute Gasteiger partial charge is 0.0534 e. The van der Waals surface area contributed by atoms with Crippen LogP contribution in [0.5, 0.6) is 0 Å². The van der Waals surface area contributed by atoms with E-state index in [2.05, 4.69) is 159 Å². The molecule has 230 valence electrons. The molecule has 0 nitrogen and oxygen atoms in total. The highest BCUT2D eigenvalue weighted by Crippen LogP contribution is 2.52. The summed E-state index contributed by atoms with van der Waals surface area (Å²) in [6, 6.07) is 54.8. The van der Waals surface area contributed by atoms with Gasteiger partial charge in [0, 0.05) is 36.4 Å². The van der Waals surface area contributed by atoms with Gasteiger partial charge in [0.15, 0.2) is 0 Å². The molecule has 0 spiro atoms. The second-order valence-electron chi connectivity index (χ2n) is 14.0. The molecule has 11 rings (SSSR count). The van der Waals surface area contributed by atoms with Crippen molar-refractivity contribution in [3.8, 4) is 33.4 Å². The van der Waals surface area contributed by atoms with E-state index in [0.29, 0.717) is 0 Å². The molecule has 0 unspecified atom stereocenters. The Morgan fingerprint density at radius 1 is 0.367 bits per heavy atom. The third-order valence-electron chi connectivity index (χ3n) is 11.1. The first-order chi connectivity index (χ1) is 24.1. The summed E-state index contributed by atoms with van der Waals surface area (Å²) >= 11 is 3.87. The minimum Gasteiger partial charge on any atom is -0.134 e. The average molecular weight is 659 g/mol. The van der Waals surface area contributed by atoms with Crippen LogP contribution in [-0.4, -0.2) is 0 Å². The Labute approximate surface area is 292 Å². The van der Waals surface area contributed by atoms with Gasteiger partial charge in [-0.05, 0) is 84.3 Å². The minimum absolute atomic E-state index is 0.0471. The van der Waals surface area contributed by atoms with Crippen LogP contribution in [0.3, 0.4) is 0 Å². The molecule has 0 bridgehead atoms. The molecule has 8 aromatic carbocycles. The molecular weight excluding hydrogens is 629 g/mol. The van der Waals surface area contributed by atoms with Crippen LogP contribution in [-0.2, 0) is 5.41 Å². The Balaban J connectivity index is 1.15. The molecule has 0 fully saturated rings. The van der Waals surface area contributed by atoms with Crippen molar-refractivity contribution in [3.05, 3.63) is 157 Å². The Morgan fingerprint density at radius 3 is 1.51 bits per heavy atom. The molecule has 0 radical (unpaired) electrons. The van der Waals surface area contributed by atoms with Crippen molar-refractivity contribution in [1.82, 2.24) is 0 Å². The maximum atomic E-state index is 2.47. The van der Waals surface area contributed by atoms with Crippen LogP contribution in [0.4, 0.5) is 0 Å². The predicted molar refractivity (Wildman–Crippen MR) is 216 cm³/mol. The summed E-state index contributed by atoms with van der Waals surface area (Å²) in [5, 5.41) is 10.6. The third-order valence-corrected chi connectivity index (χ3v) is 13.6. The van der Waals surface area contributed by atoms with Gasteiger partial charge in [-0.1, -0.05) is 141 Å². The first-order valence-electron chi connectivity index (χ1n) is 17.0. The molecule has 0 saturated carbocycles. The third kappa shape index (κ3) is 3.73. The standard InChI is InChI=1S/C47H30S2/c1-47(2)39-17-9-7-11-29(39)30-21-19-27(25-40(30)47)43-33-13-3-5-15-35(33)44(36-16-6-4-14-34(36)43)28-20-22-32-38-24-23-37-31-12-8-10-18-41(31)48-45(37)46(38)49-42(32)26-28/h3-26H,1-2H3. The summed E-state index contributed by atoms with van der Waals surface area (Å²) < 4.78 is 5.51. The van der Waals surface area contributed by atoms with Gasteiger partial charge in [0.1, 0.15) is 0 Å². The fourth-order valence-corrected chi connectivity index (χ4v) is 11.4. The van der Waals surface area contributed by atoms with Gasteiger partial charge >= 0.3 is 0 Å². The van der Waals surface area contributed by atoms with Crippen molar-refractivity contribution in [2.45, 2.75) is 19.3 Å². The van der Waals surface area contributed by atoms with Crippen molar-refractivity contribution in [2.75, 3.05) is 0 Å². The molecule has 2 aromatic heterocycles. The molecule has 2 heterocycles. The summed E-state index contributed by atoms with van der Waals surface area (Å²) in [5.74, 6) is 0. The summed E-state index contributed by atoms with van der Waals surface area (Å²) in [7, 11) is 0. The lowest BCUT2D eigenvalue weighted by atomic mass is 9.80. The van der Waals surface area contributed by atoms with Gasteiger partial charge < -0.3 is 0 Å². The fourth-order valence-electron chi connectivity index (χ4n) is 8.78. The Kier molecular flexibility index (Phi) is 5.58. The second-order valence-corrected chi connectivity index (χ2v) is 16.1. The lowest BCUT2D eigenvalue weighted by molar-refractivity contribution is 0.660. The van der Waals surface area contributed by atoms with E-state index in [4.69, 9.17) is 0 Å². The maximum absolute atomic E-state index is 2.47. The highest BCUT2D eigenvalue weighted by molar-refractivity contribution is 7.33. The van der Waals surface area contributed by atoms with E-state index in [1.54, 1.807) is 0 Å².